The molecule has 3 aliphatic carbocycles. The fraction of sp³-hybridized carbons (Fsp3) is 0.731. The molecule has 0 aliphatic heterocycles. The maximum atomic E-state index is 12.5. The Kier molecular flexibility index (Phi) is 6.34. The fourth-order valence-corrected chi connectivity index (χ4v) is 6.49. The summed E-state index contributed by atoms with van der Waals surface area (Å²) in [6, 6.07) is 6.85. The minimum atomic E-state index is -0.0196. The van der Waals surface area contributed by atoms with Crippen LogP contribution in [0.15, 0.2) is 18.2 Å². The molecule has 2 fully saturated rings. The van der Waals surface area contributed by atoms with Gasteiger partial charge in [0.25, 0.3) is 0 Å². The van der Waals surface area contributed by atoms with Crippen molar-refractivity contribution < 1.29 is 9.53 Å². The summed E-state index contributed by atoms with van der Waals surface area (Å²) in [6.07, 6.45) is 11.6. The topological polar surface area (TPSA) is 29.5 Å². The number of hydrogen-bond donors (Lipinski definition) is 0. The number of unbranched alkanes of at least 4 members (excludes halogenated alkanes) is 3. The molecule has 0 aromatic heterocycles. The molecular formula is C26H39NO2. The van der Waals surface area contributed by atoms with Gasteiger partial charge in [0.05, 0.1) is 6.61 Å². The van der Waals surface area contributed by atoms with E-state index in [4.69, 9.17) is 4.74 Å². The second-order valence-electron chi connectivity index (χ2n) is 10.3. The van der Waals surface area contributed by atoms with Gasteiger partial charge >= 0.3 is 0 Å². The van der Waals surface area contributed by atoms with Gasteiger partial charge in [0.15, 0.2) is 0 Å². The zero-order valence-corrected chi connectivity index (χ0v) is 18.7. The molecule has 0 heterocycles. The second kappa shape index (κ2) is 8.79. The number of fused-ring (bicyclic) bond motifs is 5. The van der Waals surface area contributed by atoms with E-state index >= 15 is 0 Å². The summed E-state index contributed by atoms with van der Waals surface area (Å²) < 4.78 is 6.08. The minimum Gasteiger partial charge on any atom is -0.494 e. The standard InChI is InChI=1S/C26H39NO2/c1-26-15-14-22-21-11-9-20(29-17-7-5-4-6-16-27(2)3)18-19(21)8-10-23(22)24(26)12-13-25(26)28/h9,11,18,22-24H,4-8,10,12-17H2,1-3H3/t22-,23+,24-,26-/m0/s1. The van der Waals surface area contributed by atoms with Gasteiger partial charge in [-0.2, -0.15) is 0 Å². The van der Waals surface area contributed by atoms with Crippen LogP contribution in [0.1, 0.15) is 81.8 Å². The number of aryl methyl sites for hydroxylation is 1. The summed E-state index contributed by atoms with van der Waals surface area (Å²) in [4.78, 5) is 14.7. The smallest absolute Gasteiger partial charge is 0.139 e. The van der Waals surface area contributed by atoms with Crippen LogP contribution >= 0.6 is 0 Å². The van der Waals surface area contributed by atoms with Gasteiger partial charge in [0.1, 0.15) is 11.5 Å². The monoisotopic (exact) mass is 397 g/mol. The Hall–Kier alpha value is -1.35. The number of ether oxygens (including phenoxy) is 1. The third-order valence-corrected chi connectivity index (χ3v) is 8.18. The molecule has 0 radical (unpaired) electrons. The van der Waals surface area contributed by atoms with Crippen LogP contribution in [-0.2, 0) is 11.2 Å². The molecular weight excluding hydrogens is 358 g/mol. The molecule has 29 heavy (non-hydrogen) atoms. The summed E-state index contributed by atoms with van der Waals surface area (Å²) in [5, 5.41) is 0. The number of carbonyl (C=O) groups is 1. The van der Waals surface area contributed by atoms with Crippen molar-refractivity contribution in [2.24, 2.45) is 17.3 Å². The average Bonchev–Trinajstić information content (AvgIpc) is 3.01. The van der Waals surface area contributed by atoms with E-state index in [-0.39, 0.29) is 5.41 Å². The van der Waals surface area contributed by atoms with Gasteiger partial charge in [-0.15, -0.1) is 0 Å². The van der Waals surface area contributed by atoms with Crippen LogP contribution in [0.25, 0.3) is 0 Å². The van der Waals surface area contributed by atoms with E-state index in [0.717, 1.165) is 44.5 Å². The van der Waals surface area contributed by atoms with Gasteiger partial charge in [-0.05, 0) is 107 Å². The minimum absolute atomic E-state index is 0.0196. The predicted molar refractivity (Wildman–Crippen MR) is 119 cm³/mol. The number of rotatable bonds is 8. The Morgan fingerprint density at radius 1 is 1.07 bits per heavy atom. The van der Waals surface area contributed by atoms with Crippen molar-refractivity contribution in [1.29, 1.82) is 0 Å². The summed E-state index contributed by atoms with van der Waals surface area (Å²) >= 11 is 0. The number of carbonyl (C=O) groups excluding carboxylic acids is 1. The highest BCUT2D eigenvalue weighted by molar-refractivity contribution is 5.87. The van der Waals surface area contributed by atoms with Crippen LogP contribution in [0.3, 0.4) is 0 Å². The molecule has 4 rings (SSSR count). The fourth-order valence-electron chi connectivity index (χ4n) is 6.49. The molecule has 0 unspecified atom stereocenters. The van der Waals surface area contributed by atoms with E-state index in [2.05, 4.69) is 44.1 Å². The molecule has 1 aromatic carbocycles. The SMILES string of the molecule is CN(C)CCCCCCOc1ccc2c(c1)CC[C@@H]1[C@H]2CC[C@]2(C)C(=O)CC[C@@H]12. The Bertz CT molecular complexity index is 727. The van der Waals surface area contributed by atoms with Crippen molar-refractivity contribution in [3.8, 4) is 5.75 Å². The number of Topliss-reactive ketones (excluding diaryl/α,β-unsaturated/α-hetero) is 1. The third-order valence-electron chi connectivity index (χ3n) is 8.18. The lowest BCUT2D eigenvalue weighted by Crippen LogP contribution is -2.42. The van der Waals surface area contributed by atoms with Crippen molar-refractivity contribution in [2.75, 3.05) is 27.2 Å². The molecule has 0 amide bonds. The first-order chi connectivity index (χ1) is 14.0. The first-order valence-corrected chi connectivity index (χ1v) is 11.9. The number of benzene rings is 1. The maximum absolute atomic E-state index is 12.5. The van der Waals surface area contributed by atoms with Crippen molar-refractivity contribution in [1.82, 2.24) is 4.90 Å². The normalized spacial score (nSPS) is 30.8. The third kappa shape index (κ3) is 4.26. The van der Waals surface area contributed by atoms with Crippen LogP contribution in [0.5, 0.6) is 5.75 Å². The van der Waals surface area contributed by atoms with Crippen molar-refractivity contribution in [2.45, 2.75) is 77.0 Å². The summed E-state index contributed by atoms with van der Waals surface area (Å²) in [5.74, 6) is 3.57. The van der Waals surface area contributed by atoms with Gasteiger partial charge in [0, 0.05) is 11.8 Å². The van der Waals surface area contributed by atoms with Gasteiger partial charge in [-0.25, -0.2) is 0 Å². The Morgan fingerprint density at radius 3 is 2.72 bits per heavy atom. The summed E-state index contributed by atoms with van der Waals surface area (Å²) in [6.45, 7) is 4.27. The van der Waals surface area contributed by atoms with E-state index in [9.17, 15) is 4.79 Å². The Morgan fingerprint density at radius 2 is 1.90 bits per heavy atom. The van der Waals surface area contributed by atoms with Gasteiger partial charge in [-0.3, -0.25) is 4.79 Å². The lowest BCUT2D eigenvalue weighted by molar-refractivity contribution is -0.129. The van der Waals surface area contributed by atoms with Crippen LogP contribution < -0.4 is 4.74 Å². The van der Waals surface area contributed by atoms with Gasteiger partial charge in [0.2, 0.25) is 0 Å². The number of ketones is 1. The molecule has 4 atom stereocenters. The van der Waals surface area contributed by atoms with E-state index in [1.165, 1.54) is 44.2 Å². The lowest BCUT2D eigenvalue weighted by Gasteiger charge is -2.48. The Labute approximate surface area is 177 Å². The maximum Gasteiger partial charge on any atom is 0.139 e. The van der Waals surface area contributed by atoms with Gasteiger partial charge < -0.3 is 9.64 Å². The van der Waals surface area contributed by atoms with Crippen LogP contribution in [0, 0.1) is 17.3 Å². The average molecular weight is 398 g/mol. The second-order valence-corrected chi connectivity index (χ2v) is 10.3. The van der Waals surface area contributed by atoms with Crippen molar-refractivity contribution >= 4 is 5.78 Å². The highest BCUT2D eigenvalue weighted by Gasteiger charge is 2.54. The molecule has 2 saturated carbocycles. The molecule has 3 nitrogen and oxygen atoms in total. The molecule has 3 aliphatic rings. The molecule has 0 bridgehead atoms. The zero-order chi connectivity index (χ0) is 20.4. The molecule has 0 saturated heterocycles. The van der Waals surface area contributed by atoms with Crippen LogP contribution in [-0.4, -0.2) is 37.9 Å². The predicted octanol–water partition coefficient (Wildman–Crippen LogP) is 5.61. The van der Waals surface area contributed by atoms with Crippen molar-refractivity contribution in [3.63, 3.8) is 0 Å². The quantitative estimate of drug-likeness (QED) is 0.534. The molecule has 0 spiro atoms. The lowest BCUT2D eigenvalue weighted by atomic mass is 9.55. The molecule has 160 valence electrons. The first kappa shape index (κ1) is 20.9. The van der Waals surface area contributed by atoms with E-state index in [1.807, 2.05) is 0 Å². The summed E-state index contributed by atoms with van der Waals surface area (Å²) in [7, 11) is 4.28. The largest absolute Gasteiger partial charge is 0.494 e. The van der Waals surface area contributed by atoms with Gasteiger partial charge in [-0.1, -0.05) is 25.8 Å². The zero-order valence-electron chi connectivity index (χ0n) is 18.7. The number of nitrogens with zero attached hydrogens (tertiary/aromatic N) is 1. The highest BCUT2D eigenvalue weighted by Crippen LogP contribution is 2.59. The molecule has 1 aromatic rings. The molecule has 0 N–H and O–H groups in total. The van der Waals surface area contributed by atoms with E-state index < -0.39 is 0 Å². The van der Waals surface area contributed by atoms with Crippen molar-refractivity contribution in [3.05, 3.63) is 29.3 Å². The van der Waals surface area contributed by atoms with Crippen LogP contribution in [0.2, 0.25) is 0 Å². The van der Waals surface area contributed by atoms with E-state index in [0.29, 0.717) is 23.5 Å². The molecule has 3 heteroatoms. The van der Waals surface area contributed by atoms with E-state index in [1.54, 1.807) is 5.56 Å². The van der Waals surface area contributed by atoms with Crippen LogP contribution in [0.4, 0.5) is 0 Å². The highest BCUT2D eigenvalue weighted by atomic mass is 16.5. The first-order valence-electron chi connectivity index (χ1n) is 11.9. The number of hydrogen-bond acceptors (Lipinski definition) is 3. The Balaban J connectivity index is 1.31. The summed E-state index contributed by atoms with van der Waals surface area (Å²) in [5.41, 5.74) is 3.04.